The van der Waals surface area contributed by atoms with E-state index in [0.29, 0.717) is 10.9 Å². The lowest BCUT2D eigenvalue weighted by Gasteiger charge is -2.29. The number of sulfonamides is 1. The van der Waals surface area contributed by atoms with Crippen LogP contribution in [0.25, 0.3) is 0 Å². The minimum Gasteiger partial charge on any atom is -0.474 e. The highest BCUT2D eigenvalue weighted by molar-refractivity contribution is 7.89. The topological polar surface area (TPSA) is 68.3 Å². The van der Waals surface area contributed by atoms with Crippen LogP contribution in [-0.4, -0.2) is 25.5 Å². The summed E-state index contributed by atoms with van der Waals surface area (Å²) < 4.78 is 33.4. The van der Waals surface area contributed by atoms with Crippen LogP contribution in [0.2, 0.25) is 5.02 Å². The van der Waals surface area contributed by atoms with Gasteiger partial charge in [0.15, 0.2) is 0 Å². The summed E-state index contributed by atoms with van der Waals surface area (Å²) in [5.41, 5.74) is 0. The van der Waals surface area contributed by atoms with Crippen molar-refractivity contribution in [3.8, 4) is 5.88 Å². The largest absolute Gasteiger partial charge is 0.474 e. The molecule has 3 rings (SSSR count). The second kappa shape index (κ2) is 7.51. The number of nitrogens with one attached hydrogen (secondary N) is 1. The van der Waals surface area contributed by atoms with E-state index in [2.05, 4.69) is 9.71 Å². The van der Waals surface area contributed by atoms with E-state index in [-0.39, 0.29) is 17.0 Å². The van der Waals surface area contributed by atoms with Crippen LogP contribution in [0.1, 0.15) is 25.7 Å². The van der Waals surface area contributed by atoms with E-state index in [9.17, 15) is 8.42 Å². The lowest BCUT2D eigenvalue weighted by atomic mass is 9.94. The van der Waals surface area contributed by atoms with Gasteiger partial charge in [-0.3, -0.25) is 0 Å². The molecule has 1 saturated carbocycles. The van der Waals surface area contributed by atoms with E-state index < -0.39 is 10.0 Å². The molecule has 0 bridgehead atoms. The van der Waals surface area contributed by atoms with Gasteiger partial charge < -0.3 is 4.74 Å². The summed E-state index contributed by atoms with van der Waals surface area (Å²) in [5, 5.41) is 0.515. The average Bonchev–Trinajstić information content (AvgIpc) is 2.58. The lowest BCUT2D eigenvalue weighted by molar-refractivity contribution is 0.138. The first-order valence-corrected chi connectivity index (χ1v) is 9.75. The molecule has 1 aromatic carbocycles. The molecule has 0 aliphatic heterocycles. The number of rotatable bonds is 5. The summed E-state index contributed by atoms with van der Waals surface area (Å²) >= 11 is 5.80. The van der Waals surface area contributed by atoms with Crippen LogP contribution in [-0.2, 0) is 10.0 Å². The summed E-state index contributed by atoms with van der Waals surface area (Å²) in [7, 11) is -3.51. The Labute approximate surface area is 147 Å². The number of pyridine rings is 1. The minimum absolute atomic E-state index is 0.0748. The number of hydrogen-bond acceptors (Lipinski definition) is 4. The Hall–Kier alpha value is -1.63. The normalized spacial score (nSPS) is 21.4. The molecule has 24 heavy (non-hydrogen) atoms. The van der Waals surface area contributed by atoms with Gasteiger partial charge >= 0.3 is 0 Å². The van der Waals surface area contributed by atoms with Crippen molar-refractivity contribution in [1.82, 2.24) is 9.71 Å². The summed E-state index contributed by atoms with van der Waals surface area (Å²) in [5.74, 6) is 0.614. The standard InChI is InChI=1S/C17H19ClN2O3S/c18-13-4-10-16(11-5-13)24(21,22)20-14-6-8-15(9-7-14)23-17-3-1-2-12-19-17/h1-5,10-12,14-15,20H,6-9H2. The minimum atomic E-state index is -3.51. The van der Waals surface area contributed by atoms with Crippen LogP contribution < -0.4 is 9.46 Å². The molecule has 0 spiro atoms. The predicted octanol–water partition coefficient (Wildman–Crippen LogP) is 3.40. The molecule has 128 valence electrons. The van der Waals surface area contributed by atoms with Crippen LogP contribution in [0.5, 0.6) is 5.88 Å². The summed E-state index contributed by atoms with van der Waals surface area (Å²) in [6.07, 6.45) is 4.85. The van der Waals surface area contributed by atoms with Gasteiger partial charge in [0, 0.05) is 23.3 Å². The van der Waals surface area contributed by atoms with Gasteiger partial charge in [0.25, 0.3) is 0 Å². The third kappa shape index (κ3) is 4.47. The van der Waals surface area contributed by atoms with E-state index in [1.54, 1.807) is 18.3 Å². The number of benzene rings is 1. The van der Waals surface area contributed by atoms with Crippen molar-refractivity contribution in [3.63, 3.8) is 0 Å². The molecule has 1 heterocycles. The van der Waals surface area contributed by atoms with E-state index >= 15 is 0 Å². The van der Waals surface area contributed by atoms with Crippen molar-refractivity contribution in [2.45, 2.75) is 42.7 Å². The van der Waals surface area contributed by atoms with Crippen LogP contribution in [0, 0.1) is 0 Å². The third-order valence-electron chi connectivity index (χ3n) is 4.05. The number of halogens is 1. The molecule has 7 heteroatoms. The first-order valence-electron chi connectivity index (χ1n) is 7.88. The second-order valence-corrected chi connectivity index (χ2v) is 7.99. The molecule has 0 amide bonds. The second-order valence-electron chi connectivity index (χ2n) is 5.83. The molecule has 1 N–H and O–H groups in total. The number of ether oxygens (including phenoxy) is 1. The molecule has 0 atom stereocenters. The van der Waals surface area contributed by atoms with Crippen LogP contribution in [0.15, 0.2) is 53.6 Å². The molecule has 0 radical (unpaired) electrons. The fourth-order valence-corrected chi connectivity index (χ4v) is 4.22. The van der Waals surface area contributed by atoms with Crippen molar-refractivity contribution < 1.29 is 13.2 Å². The SMILES string of the molecule is O=S(=O)(NC1CCC(Oc2ccccn2)CC1)c1ccc(Cl)cc1. The third-order valence-corrected chi connectivity index (χ3v) is 5.83. The van der Waals surface area contributed by atoms with E-state index in [1.165, 1.54) is 12.1 Å². The number of hydrogen-bond donors (Lipinski definition) is 1. The van der Waals surface area contributed by atoms with Gasteiger partial charge in [-0.2, -0.15) is 0 Å². The molecule has 1 aliphatic rings. The van der Waals surface area contributed by atoms with E-state index in [4.69, 9.17) is 16.3 Å². The van der Waals surface area contributed by atoms with Gasteiger partial charge in [-0.25, -0.2) is 18.1 Å². The highest BCUT2D eigenvalue weighted by atomic mass is 35.5. The maximum absolute atomic E-state index is 12.4. The fraction of sp³-hybridized carbons (Fsp3) is 0.353. The van der Waals surface area contributed by atoms with E-state index in [0.717, 1.165) is 25.7 Å². The molecule has 1 aromatic heterocycles. The molecular weight excluding hydrogens is 348 g/mol. The Morgan fingerprint density at radius 2 is 1.75 bits per heavy atom. The van der Waals surface area contributed by atoms with Crippen LogP contribution in [0.4, 0.5) is 0 Å². The van der Waals surface area contributed by atoms with Crippen molar-refractivity contribution in [2.75, 3.05) is 0 Å². The Balaban J connectivity index is 1.54. The molecule has 1 aliphatic carbocycles. The van der Waals surface area contributed by atoms with Gasteiger partial charge in [0.2, 0.25) is 15.9 Å². The van der Waals surface area contributed by atoms with Gasteiger partial charge in [0.05, 0.1) is 4.90 Å². The summed E-state index contributed by atoms with van der Waals surface area (Å²) in [6.45, 7) is 0. The van der Waals surface area contributed by atoms with Crippen LogP contribution >= 0.6 is 11.6 Å². The number of aromatic nitrogens is 1. The van der Waals surface area contributed by atoms with Crippen molar-refractivity contribution >= 4 is 21.6 Å². The molecule has 5 nitrogen and oxygen atoms in total. The first-order chi connectivity index (χ1) is 11.5. The maximum atomic E-state index is 12.4. The molecule has 2 aromatic rings. The summed E-state index contributed by atoms with van der Waals surface area (Å²) in [6, 6.07) is 11.7. The van der Waals surface area contributed by atoms with Crippen molar-refractivity contribution in [2.24, 2.45) is 0 Å². The average molecular weight is 367 g/mol. The quantitative estimate of drug-likeness (QED) is 0.880. The Morgan fingerprint density at radius 3 is 2.38 bits per heavy atom. The van der Waals surface area contributed by atoms with Crippen molar-refractivity contribution in [3.05, 3.63) is 53.7 Å². The molecular formula is C17H19ClN2O3S. The lowest BCUT2D eigenvalue weighted by Crippen LogP contribution is -2.39. The zero-order chi connectivity index (χ0) is 17.0. The van der Waals surface area contributed by atoms with Gasteiger partial charge in [-0.15, -0.1) is 0 Å². The van der Waals surface area contributed by atoms with Crippen molar-refractivity contribution in [1.29, 1.82) is 0 Å². The summed E-state index contributed by atoms with van der Waals surface area (Å²) in [4.78, 5) is 4.39. The zero-order valence-corrected chi connectivity index (χ0v) is 14.6. The highest BCUT2D eigenvalue weighted by Gasteiger charge is 2.26. The van der Waals surface area contributed by atoms with Gasteiger partial charge in [-0.1, -0.05) is 17.7 Å². The molecule has 1 fully saturated rings. The Kier molecular flexibility index (Phi) is 5.38. The van der Waals surface area contributed by atoms with Crippen LogP contribution in [0.3, 0.4) is 0 Å². The smallest absolute Gasteiger partial charge is 0.240 e. The van der Waals surface area contributed by atoms with Gasteiger partial charge in [-0.05, 0) is 56.0 Å². The Morgan fingerprint density at radius 1 is 1.04 bits per heavy atom. The zero-order valence-electron chi connectivity index (χ0n) is 13.1. The van der Waals surface area contributed by atoms with E-state index in [1.807, 2.05) is 18.2 Å². The monoisotopic (exact) mass is 366 g/mol. The molecule has 0 saturated heterocycles. The predicted molar refractivity (Wildman–Crippen MR) is 92.7 cm³/mol. The first kappa shape index (κ1) is 17.2. The number of nitrogens with zero attached hydrogens (tertiary/aromatic N) is 1. The highest BCUT2D eigenvalue weighted by Crippen LogP contribution is 2.24. The Bertz CT molecular complexity index is 758. The fourth-order valence-electron chi connectivity index (χ4n) is 2.79. The maximum Gasteiger partial charge on any atom is 0.240 e. The molecule has 0 unspecified atom stereocenters. The van der Waals surface area contributed by atoms with Gasteiger partial charge in [0.1, 0.15) is 6.10 Å².